The summed E-state index contributed by atoms with van der Waals surface area (Å²) in [5, 5.41) is 12.9. The molecule has 0 saturated heterocycles. The van der Waals surface area contributed by atoms with Crippen LogP contribution in [0.25, 0.3) is 0 Å². The Bertz CT molecular complexity index is 309. The van der Waals surface area contributed by atoms with Crippen LogP contribution in [-0.2, 0) is 4.79 Å². The number of nitrogens with one attached hydrogen (secondary N) is 1. The zero-order chi connectivity index (χ0) is 15.2. The van der Waals surface area contributed by atoms with Gasteiger partial charge in [-0.05, 0) is 58.7 Å². The van der Waals surface area contributed by atoms with Gasteiger partial charge < -0.3 is 15.3 Å². The van der Waals surface area contributed by atoms with Crippen LogP contribution in [0.5, 0.6) is 0 Å². The zero-order valence-corrected chi connectivity index (χ0v) is 13.6. The molecule has 4 heteroatoms. The van der Waals surface area contributed by atoms with Gasteiger partial charge in [0.15, 0.2) is 0 Å². The number of aliphatic carboxylic acids is 1. The first-order valence-corrected chi connectivity index (χ1v) is 8.16. The molecule has 2 N–H and O–H groups in total. The largest absolute Gasteiger partial charge is 0.480 e. The summed E-state index contributed by atoms with van der Waals surface area (Å²) < 4.78 is 0. The van der Waals surface area contributed by atoms with Crippen LogP contribution in [0.4, 0.5) is 0 Å². The van der Waals surface area contributed by atoms with Crippen molar-refractivity contribution in [2.45, 2.75) is 70.9 Å². The summed E-state index contributed by atoms with van der Waals surface area (Å²) in [5.41, 5.74) is -0.677. The quantitative estimate of drug-likeness (QED) is 0.683. The summed E-state index contributed by atoms with van der Waals surface area (Å²) >= 11 is 0. The van der Waals surface area contributed by atoms with Gasteiger partial charge in [0, 0.05) is 6.04 Å². The molecule has 1 saturated carbocycles. The zero-order valence-electron chi connectivity index (χ0n) is 13.6. The first kappa shape index (κ1) is 17.4. The van der Waals surface area contributed by atoms with Crippen LogP contribution in [0.15, 0.2) is 0 Å². The second-order valence-corrected chi connectivity index (χ2v) is 6.30. The van der Waals surface area contributed by atoms with E-state index < -0.39 is 11.5 Å². The van der Waals surface area contributed by atoms with Crippen molar-refractivity contribution in [3.05, 3.63) is 0 Å². The average molecular weight is 284 g/mol. The molecular formula is C16H32N2O2. The normalized spacial score (nSPS) is 27.9. The monoisotopic (exact) mass is 284 g/mol. The SMILES string of the molecule is CCCC(C)N(C)CCC1CCCC1(NCC)C(=O)O. The van der Waals surface area contributed by atoms with E-state index >= 15 is 0 Å². The van der Waals surface area contributed by atoms with Crippen molar-refractivity contribution < 1.29 is 9.90 Å². The lowest BCUT2D eigenvalue weighted by Crippen LogP contribution is -2.55. The van der Waals surface area contributed by atoms with E-state index in [2.05, 4.69) is 31.1 Å². The molecule has 0 aliphatic heterocycles. The number of rotatable bonds is 9. The number of carboxylic acid groups (broad SMARTS) is 1. The Kier molecular flexibility index (Phi) is 6.96. The van der Waals surface area contributed by atoms with E-state index in [-0.39, 0.29) is 5.92 Å². The van der Waals surface area contributed by atoms with Crippen molar-refractivity contribution in [2.24, 2.45) is 5.92 Å². The highest BCUT2D eigenvalue weighted by Crippen LogP contribution is 2.38. The van der Waals surface area contributed by atoms with Crippen molar-refractivity contribution in [3.8, 4) is 0 Å². The Morgan fingerprint density at radius 2 is 2.20 bits per heavy atom. The van der Waals surface area contributed by atoms with Crippen molar-refractivity contribution in [2.75, 3.05) is 20.1 Å². The molecule has 0 aromatic rings. The third-order valence-electron chi connectivity index (χ3n) is 4.98. The summed E-state index contributed by atoms with van der Waals surface area (Å²) in [7, 11) is 2.16. The molecular weight excluding hydrogens is 252 g/mol. The smallest absolute Gasteiger partial charge is 0.324 e. The maximum Gasteiger partial charge on any atom is 0.324 e. The lowest BCUT2D eigenvalue weighted by molar-refractivity contribution is -0.146. The minimum Gasteiger partial charge on any atom is -0.480 e. The Morgan fingerprint density at radius 3 is 2.75 bits per heavy atom. The first-order chi connectivity index (χ1) is 9.47. The van der Waals surface area contributed by atoms with Gasteiger partial charge in [0.1, 0.15) is 5.54 Å². The standard InChI is InChI=1S/C16H32N2O2/c1-5-8-13(3)18(4)12-10-14-9-7-11-16(14,15(19)20)17-6-2/h13-14,17H,5-12H2,1-4H3,(H,19,20). The maximum atomic E-state index is 11.7. The highest BCUT2D eigenvalue weighted by atomic mass is 16.4. The number of likely N-dealkylation sites (N-methyl/N-ethyl adjacent to an activating group) is 1. The summed E-state index contributed by atoms with van der Waals surface area (Å²) in [6.45, 7) is 8.18. The average Bonchev–Trinajstić information content (AvgIpc) is 2.81. The molecule has 0 spiro atoms. The van der Waals surface area contributed by atoms with Gasteiger partial charge in [-0.15, -0.1) is 0 Å². The van der Waals surface area contributed by atoms with Crippen LogP contribution in [0, 0.1) is 5.92 Å². The fourth-order valence-corrected chi connectivity index (χ4v) is 3.59. The van der Waals surface area contributed by atoms with E-state index in [0.717, 1.165) is 38.8 Å². The fraction of sp³-hybridized carbons (Fsp3) is 0.938. The van der Waals surface area contributed by atoms with Gasteiger partial charge in [0.25, 0.3) is 0 Å². The minimum absolute atomic E-state index is 0.260. The molecule has 1 aliphatic carbocycles. The van der Waals surface area contributed by atoms with E-state index in [1.165, 1.54) is 12.8 Å². The summed E-state index contributed by atoms with van der Waals surface area (Å²) in [6.07, 6.45) is 6.22. The molecule has 3 unspecified atom stereocenters. The first-order valence-electron chi connectivity index (χ1n) is 8.16. The lowest BCUT2D eigenvalue weighted by Gasteiger charge is -2.34. The van der Waals surface area contributed by atoms with Gasteiger partial charge >= 0.3 is 5.97 Å². The van der Waals surface area contributed by atoms with Crippen LogP contribution in [-0.4, -0.2) is 47.7 Å². The number of hydrogen-bond donors (Lipinski definition) is 2. The predicted octanol–water partition coefficient (Wildman–Crippen LogP) is 2.73. The maximum absolute atomic E-state index is 11.7. The van der Waals surface area contributed by atoms with E-state index in [1.807, 2.05) is 6.92 Å². The fourth-order valence-electron chi connectivity index (χ4n) is 3.59. The highest BCUT2D eigenvalue weighted by molar-refractivity contribution is 5.79. The highest BCUT2D eigenvalue weighted by Gasteiger charge is 2.48. The second kappa shape index (κ2) is 7.99. The Balaban J connectivity index is 2.59. The van der Waals surface area contributed by atoms with Gasteiger partial charge in [-0.3, -0.25) is 4.79 Å². The number of carbonyl (C=O) groups is 1. The summed E-state index contributed by atoms with van der Waals surface area (Å²) in [4.78, 5) is 14.1. The number of nitrogens with zero attached hydrogens (tertiary/aromatic N) is 1. The Hall–Kier alpha value is -0.610. The van der Waals surface area contributed by atoms with Crippen molar-refractivity contribution in [1.82, 2.24) is 10.2 Å². The molecule has 3 atom stereocenters. The molecule has 0 radical (unpaired) electrons. The molecule has 0 heterocycles. The number of carboxylic acids is 1. The molecule has 0 bridgehead atoms. The predicted molar refractivity (Wildman–Crippen MR) is 83.0 cm³/mol. The van der Waals surface area contributed by atoms with Crippen LogP contribution < -0.4 is 5.32 Å². The molecule has 1 rings (SSSR count). The van der Waals surface area contributed by atoms with Gasteiger partial charge in [0.05, 0.1) is 0 Å². The number of hydrogen-bond acceptors (Lipinski definition) is 3. The van der Waals surface area contributed by atoms with E-state index in [4.69, 9.17) is 0 Å². The van der Waals surface area contributed by atoms with Crippen molar-refractivity contribution in [3.63, 3.8) is 0 Å². The summed E-state index contributed by atoms with van der Waals surface area (Å²) in [5.74, 6) is -0.401. The van der Waals surface area contributed by atoms with Crippen LogP contribution >= 0.6 is 0 Å². The molecule has 4 nitrogen and oxygen atoms in total. The Morgan fingerprint density at radius 1 is 1.50 bits per heavy atom. The van der Waals surface area contributed by atoms with E-state index in [1.54, 1.807) is 0 Å². The molecule has 118 valence electrons. The van der Waals surface area contributed by atoms with Crippen LogP contribution in [0.1, 0.15) is 59.3 Å². The van der Waals surface area contributed by atoms with Crippen LogP contribution in [0.2, 0.25) is 0 Å². The van der Waals surface area contributed by atoms with Crippen LogP contribution in [0.3, 0.4) is 0 Å². The van der Waals surface area contributed by atoms with Crippen molar-refractivity contribution >= 4 is 5.97 Å². The molecule has 1 aliphatic rings. The minimum atomic E-state index is -0.677. The molecule has 0 amide bonds. The van der Waals surface area contributed by atoms with E-state index in [0.29, 0.717) is 6.04 Å². The van der Waals surface area contributed by atoms with Gasteiger partial charge in [-0.25, -0.2) is 0 Å². The molecule has 1 fully saturated rings. The van der Waals surface area contributed by atoms with Crippen molar-refractivity contribution in [1.29, 1.82) is 0 Å². The topological polar surface area (TPSA) is 52.6 Å². The Labute approximate surface area is 123 Å². The van der Waals surface area contributed by atoms with Gasteiger partial charge in [-0.1, -0.05) is 26.7 Å². The third kappa shape index (κ3) is 3.95. The van der Waals surface area contributed by atoms with Gasteiger partial charge in [0.2, 0.25) is 0 Å². The van der Waals surface area contributed by atoms with Gasteiger partial charge in [-0.2, -0.15) is 0 Å². The molecule has 20 heavy (non-hydrogen) atoms. The summed E-state index contributed by atoms with van der Waals surface area (Å²) in [6, 6.07) is 0.583. The van der Waals surface area contributed by atoms with E-state index in [9.17, 15) is 9.90 Å². The lowest BCUT2D eigenvalue weighted by atomic mass is 9.84. The molecule has 0 aromatic heterocycles. The third-order valence-corrected chi connectivity index (χ3v) is 4.98. The molecule has 0 aromatic carbocycles. The second-order valence-electron chi connectivity index (χ2n) is 6.30.